The molecule has 0 spiro atoms. The summed E-state index contributed by atoms with van der Waals surface area (Å²) in [6.45, 7) is 6.15. The van der Waals surface area contributed by atoms with E-state index in [4.69, 9.17) is 0 Å². The molecule has 1 aromatic rings. The van der Waals surface area contributed by atoms with E-state index in [2.05, 4.69) is 13.8 Å². The van der Waals surface area contributed by atoms with Crippen LogP contribution in [-0.4, -0.2) is 5.11 Å². The van der Waals surface area contributed by atoms with E-state index in [1.54, 1.807) is 13.0 Å². The van der Waals surface area contributed by atoms with Crippen LogP contribution >= 0.6 is 0 Å². The highest BCUT2D eigenvalue weighted by atomic mass is 19.1. The van der Waals surface area contributed by atoms with Gasteiger partial charge < -0.3 is 5.11 Å². The van der Waals surface area contributed by atoms with Crippen molar-refractivity contribution >= 4 is 0 Å². The molecule has 0 bridgehead atoms. The van der Waals surface area contributed by atoms with Crippen molar-refractivity contribution in [1.82, 2.24) is 0 Å². The van der Waals surface area contributed by atoms with Gasteiger partial charge in [-0.15, -0.1) is 0 Å². The van der Waals surface area contributed by atoms with Crippen LogP contribution in [0.4, 0.5) is 4.39 Å². The molecule has 1 aliphatic rings. The summed E-state index contributed by atoms with van der Waals surface area (Å²) in [5.74, 6) is 0.896. The van der Waals surface area contributed by atoms with E-state index in [1.165, 1.54) is 12.5 Å². The zero-order valence-electron chi connectivity index (χ0n) is 11.5. The van der Waals surface area contributed by atoms with Gasteiger partial charge in [0.05, 0.1) is 5.60 Å². The van der Waals surface area contributed by atoms with E-state index in [1.807, 2.05) is 6.07 Å². The third-order valence-electron chi connectivity index (χ3n) is 4.42. The number of rotatable bonds is 2. The lowest BCUT2D eigenvalue weighted by Gasteiger charge is -2.39. The lowest BCUT2D eigenvalue weighted by atomic mass is 9.71. The molecule has 2 atom stereocenters. The van der Waals surface area contributed by atoms with Gasteiger partial charge >= 0.3 is 0 Å². The Morgan fingerprint density at radius 3 is 2.72 bits per heavy atom. The van der Waals surface area contributed by atoms with Gasteiger partial charge in [-0.05, 0) is 61.6 Å². The number of halogens is 1. The minimum Gasteiger partial charge on any atom is -0.385 e. The van der Waals surface area contributed by atoms with Crippen molar-refractivity contribution in [3.8, 4) is 0 Å². The molecule has 1 nitrogen and oxygen atoms in total. The molecule has 2 unspecified atom stereocenters. The first-order valence-corrected chi connectivity index (χ1v) is 6.91. The first-order chi connectivity index (χ1) is 8.42. The van der Waals surface area contributed by atoms with E-state index >= 15 is 0 Å². The van der Waals surface area contributed by atoms with Crippen molar-refractivity contribution in [2.75, 3.05) is 0 Å². The average molecular weight is 250 g/mol. The van der Waals surface area contributed by atoms with Gasteiger partial charge in [-0.1, -0.05) is 26.0 Å². The van der Waals surface area contributed by atoms with Crippen LogP contribution in [0, 0.1) is 24.6 Å². The van der Waals surface area contributed by atoms with Crippen LogP contribution in [0.25, 0.3) is 0 Å². The average Bonchev–Trinajstić information content (AvgIpc) is 2.32. The molecule has 0 aromatic heterocycles. The zero-order chi connectivity index (χ0) is 13.3. The standard InChI is InChI=1S/C16H23FO/c1-11(2)13-5-4-8-16(18,10-13)14-7-6-12(3)15(17)9-14/h6-7,9,11,13,18H,4-5,8,10H2,1-3H3. The number of hydrogen-bond donors (Lipinski definition) is 1. The van der Waals surface area contributed by atoms with E-state index < -0.39 is 5.60 Å². The molecule has 0 aliphatic heterocycles. The topological polar surface area (TPSA) is 20.2 Å². The van der Waals surface area contributed by atoms with E-state index in [-0.39, 0.29) is 5.82 Å². The number of benzene rings is 1. The molecule has 1 fully saturated rings. The maximum Gasteiger partial charge on any atom is 0.126 e. The third kappa shape index (κ3) is 2.59. The molecule has 0 amide bonds. The molecule has 1 N–H and O–H groups in total. The Bertz CT molecular complexity index is 427. The Morgan fingerprint density at radius 2 is 2.11 bits per heavy atom. The second kappa shape index (κ2) is 5.00. The monoisotopic (exact) mass is 250 g/mol. The Kier molecular flexibility index (Phi) is 3.76. The Hall–Kier alpha value is -0.890. The summed E-state index contributed by atoms with van der Waals surface area (Å²) in [6, 6.07) is 5.15. The molecule has 1 aliphatic carbocycles. The van der Waals surface area contributed by atoms with Gasteiger partial charge in [0, 0.05) is 0 Å². The van der Waals surface area contributed by atoms with Crippen LogP contribution in [0.1, 0.15) is 50.7 Å². The van der Waals surface area contributed by atoms with Crippen LogP contribution in [0.2, 0.25) is 0 Å². The summed E-state index contributed by atoms with van der Waals surface area (Å²) in [5, 5.41) is 10.8. The second-order valence-corrected chi connectivity index (χ2v) is 6.10. The molecule has 2 heteroatoms. The maximum absolute atomic E-state index is 13.6. The van der Waals surface area contributed by atoms with Crippen LogP contribution in [0.5, 0.6) is 0 Å². The largest absolute Gasteiger partial charge is 0.385 e. The van der Waals surface area contributed by atoms with Crippen LogP contribution in [0.15, 0.2) is 18.2 Å². The fourth-order valence-corrected chi connectivity index (χ4v) is 3.01. The summed E-state index contributed by atoms with van der Waals surface area (Å²) < 4.78 is 13.6. The van der Waals surface area contributed by atoms with Crippen molar-refractivity contribution < 1.29 is 9.50 Å². The van der Waals surface area contributed by atoms with Gasteiger partial charge in [0.15, 0.2) is 0 Å². The van der Waals surface area contributed by atoms with Crippen molar-refractivity contribution in [1.29, 1.82) is 0 Å². The highest BCUT2D eigenvalue weighted by molar-refractivity contribution is 5.28. The van der Waals surface area contributed by atoms with Gasteiger partial charge in [0.2, 0.25) is 0 Å². The number of hydrogen-bond acceptors (Lipinski definition) is 1. The summed E-state index contributed by atoms with van der Waals surface area (Å²) in [5.41, 5.74) is 0.552. The van der Waals surface area contributed by atoms with Crippen molar-refractivity contribution in [2.45, 2.75) is 52.1 Å². The second-order valence-electron chi connectivity index (χ2n) is 6.10. The smallest absolute Gasteiger partial charge is 0.126 e. The normalized spacial score (nSPS) is 28.7. The Balaban J connectivity index is 2.26. The van der Waals surface area contributed by atoms with Crippen LogP contribution in [-0.2, 0) is 5.60 Å². The highest BCUT2D eigenvalue weighted by Crippen LogP contribution is 2.42. The quantitative estimate of drug-likeness (QED) is 0.835. The SMILES string of the molecule is Cc1ccc(C2(O)CCCC(C(C)C)C2)cc1F. The molecule has 0 radical (unpaired) electrons. The third-order valence-corrected chi connectivity index (χ3v) is 4.42. The summed E-state index contributed by atoms with van der Waals surface area (Å²) in [4.78, 5) is 0. The van der Waals surface area contributed by atoms with E-state index in [9.17, 15) is 9.50 Å². The fraction of sp³-hybridized carbons (Fsp3) is 0.625. The molecule has 2 rings (SSSR count). The Labute approximate surface area is 109 Å². The summed E-state index contributed by atoms with van der Waals surface area (Å²) in [7, 11) is 0. The molecule has 18 heavy (non-hydrogen) atoms. The van der Waals surface area contributed by atoms with E-state index in [0.29, 0.717) is 17.4 Å². The van der Waals surface area contributed by atoms with Gasteiger partial charge in [0.25, 0.3) is 0 Å². The van der Waals surface area contributed by atoms with Gasteiger partial charge in [-0.25, -0.2) is 4.39 Å². The predicted octanol–water partition coefficient (Wildman–Crippen LogP) is 4.17. The number of aliphatic hydroxyl groups is 1. The number of aryl methyl sites for hydroxylation is 1. The molecule has 0 saturated heterocycles. The van der Waals surface area contributed by atoms with Gasteiger partial charge in [-0.2, -0.15) is 0 Å². The minimum absolute atomic E-state index is 0.215. The lowest BCUT2D eigenvalue weighted by molar-refractivity contribution is -0.0297. The van der Waals surface area contributed by atoms with Crippen molar-refractivity contribution in [3.05, 3.63) is 35.1 Å². The fourth-order valence-electron chi connectivity index (χ4n) is 3.01. The van der Waals surface area contributed by atoms with Crippen molar-refractivity contribution in [2.24, 2.45) is 11.8 Å². The predicted molar refractivity (Wildman–Crippen MR) is 71.8 cm³/mol. The molecular formula is C16H23FO. The molecule has 1 saturated carbocycles. The molecule has 1 aromatic carbocycles. The molecule has 100 valence electrons. The van der Waals surface area contributed by atoms with Gasteiger partial charge in [-0.3, -0.25) is 0 Å². The molecule has 0 heterocycles. The van der Waals surface area contributed by atoms with Crippen molar-refractivity contribution in [3.63, 3.8) is 0 Å². The van der Waals surface area contributed by atoms with Gasteiger partial charge in [0.1, 0.15) is 5.82 Å². The summed E-state index contributed by atoms with van der Waals surface area (Å²) in [6.07, 6.45) is 3.70. The van der Waals surface area contributed by atoms with Crippen LogP contribution in [0.3, 0.4) is 0 Å². The maximum atomic E-state index is 13.6. The highest BCUT2D eigenvalue weighted by Gasteiger charge is 2.37. The minimum atomic E-state index is -0.832. The zero-order valence-corrected chi connectivity index (χ0v) is 11.5. The Morgan fingerprint density at radius 1 is 1.39 bits per heavy atom. The lowest BCUT2D eigenvalue weighted by Crippen LogP contribution is -2.34. The molecular weight excluding hydrogens is 227 g/mol. The van der Waals surface area contributed by atoms with E-state index in [0.717, 1.165) is 24.8 Å². The first-order valence-electron chi connectivity index (χ1n) is 6.91. The summed E-state index contributed by atoms with van der Waals surface area (Å²) >= 11 is 0. The van der Waals surface area contributed by atoms with Crippen LogP contribution < -0.4 is 0 Å². The first kappa shape index (κ1) is 13.5.